The zero-order chi connectivity index (χ0) is 27.2. The Kier molecular flexibility index (Phi) is 6.96. The second-order valence-corrected chi connectivity index (χ2v) is 13.5. The molecule has 11 heteroatoms. The van der Waals surface area contributed by atoms with Crippen LogP contribution in [0.4, 0.5) is 14.5 Å². The number of amides is 1. The predicted molar refractivity (Wildman–Crippen MR) is 144 cm³/mol. The quantitative estimate of drug-likeness (QED) is 0.354. The third-order valence-corrected chi connectivity index (χ3v) is 11.4. The number of hydrogen-bond acceptors (Lipinski definition) is 4. The Hall–Kier alpha value is -3.21. The van der Waals surface area contributed by atoms with E-state index in [1.54, 1.807) is 32.2 Å². The molecule has 1 aliphatic rings. The van der Waals surface area contributed by atoms with Crippen LogP contribution in [0.1, 0.15) is 35.5 Å². The van der Waals surface area contributed by atoms with Gasteiger partial charge in [0.2, 0.25) is 0 Å². The lowest BCUT2D eigenvalue weighted by atomic mass is 9.89. The Morgan fingerprint density at radius 3 is 2.41 bits per heavy atom. The summed E-state index contributed by atoms with van der Waals surface area (Å²) in [4.78, 5) is 16.6. The van der Waals surface area contributed by atoms with Crippen molar-refractivity contribution in [1.82, 2.24) is 14.6 Å². The molecule has 0 aliphatic carbocycles. The van der Waals surface area contributed by atoms with E-state index < -0.39 is 37.9 Å². The van der Waals surface area contributed by atoms with E-state index in [-0.39, 0.29) is 22.8 Å². The lowest BCUT2D eigenvalue weighted by molar-refractivity contribution is 0.102. The molecule has 1 aliphatic heterocycles. The van der Waals surface area contributed by atoms with Crippen molar-refractivity contribution in [1.29, 1.82) is 5.41 Å². The maximum Gasteiger partial charge on any atom is 0.274 e. The average molecular weight is 548 g/mol. The minimum atomic E-state index is -3.46. The first-order valence-electron chi connectivity index (χ1n) is 11.4. The number of thiol groups is 1. The number of hydrogen-bond donors (Lipinski definition) is 4. The topological polar surface area (TPSA) is 98.2 Å². The smallest absolute Gasteiger partial charge is 0.274 e. The Labute approximate surface area is 220 Å². The third-order valence-electron chi connectivity index (χ3n) is 6.95. The molecule has 1 fully saturated rings. The summed E-state index contributed by atoms with van der Waals surface area (Å²) in [6.07, 6.45) is 1.35. The van der Waals surface area contributed by atoms with Crippen LogP contribution in [0, 0.1) is 17.0 Å². The van der Waals surface area contributed by atoms with Gasteiger partial charge < -0.3 is 10.6 Å². The van der Waals surface area contributed by atoms with Gasteiger partial charge in [0.1, 0.15) is 27.9 Å². The van der Waals surface area contributed by atoms with Crippen molar-refractivity contribution >= 4 is 39.1 Å². The van der Waals surface area contributed by atoms with Crippen molar-refractivity contribution in [2.75, 3.05) is 25.2 Å². The fourth-order valence-corrected chi connectivity index (χ4v) is 8.32. The van der Waals surface area contributed by atoms with Gasteiger partial charge in [0.25, 0.3) is 5.91 Å². The molecule has 0 spiro atoms. The van der Waals surface area contributed by atoms with Crippen molar-refractivity contribution in [3.63, 3.8) is 0 Å². The van der Waals surface area contributed by atoms with Gasteiger partial charge in [0, 0.05) is 23.2 Å². The fraction of sp³-hybridized carbons (Fsp3) is 0.269. The summed E-state index contributed by atoms with van der Waals surface area (Å²) in [6, 6.07) is 12.7. The number of amidine groups is 1. The van der Waals surface area contributed by atoms with E-state index >= 15 is 4.39 Å². The Morgan fingerprint density at radius 2 is 1.81 bits per heavy atom. The largest absolute Gasteiger partial charge is 0.362 e. The summed E-state index contributed by atoms with van der Waals surface area (Å²) in [7, 11) is -0.134. The van der Waals surface area contributed by atoms with Gasteiger partial charge in [-0.1, -0.05) is 23.7 Å². The number of nitrogens with zero attached hydrogens (tertiary/aromatic N) is 2. The van der Waals surface area contributed by atoms with Crippen LogP contribution in [0.5, 0.6) is 0 Å². The second kappa shape index (κ2) is 9.59. The van der Waals surface area contributed by atoms with Crippen LogP contribution in [0.3, 0.4) is 0 Å². The van der Waals surface area contributed by atoms with E-state index in [1.165, 1.54) is 60.8 Å². The maximum atomic E-state index is 15.2. The molecule has 2 heterocycles. The molecule has 4 rings (SSSR count). The third kappa shape index (κ3) is 4.65. The van der Waals surface area contributed by atoms with Crippen LogP contribution in [-0.4, -0.2) is 45.1 Å². The lowest BCUT2D eigenvalue weighted by Crippen LogP contribution is -2.69. The number of halogens is 3. The molecule has 1 aromatic heterocycles. The highest BCUT2D eigenvalue weighted by Crippen LogP contribution is 2.46. The highest BCUT2D eigenvalue weighted by Gasteiger charge is 2.55. The number of nitrogens with one attached hydrogen (secondary N) is 3. The van der Waals surface area contributed by atoms with Gasteiger partial charge >= 0.3 is 0 Å². The molecule has 37 heavy (non-hydrogen) atoms. The van der Waals surface area contributed by atoms with Crippen molar-refractivity contribution in [3.05, 3.63) is 94.3 Å². The molecular formula is C26H28ClF2N5O2S. The standard InChI is InChI=1S/C26H28ClF2N5O2S/c1-25(20-13-19(10-11-21(20)29)32-23(35)22-12-7-17(27)14-31-22)15-37(36,34(3)4)26(2,24(30)33-25)16-5-8-18(28)9-6-16/h5-14,37H,15H2,1-4H3,(H2,30,33)(H,32,35)/t25-,26-/m0/s1. The van der Waals surface area contributed by atoms with Crippen LogP contribution >= 0.6 is 11.6 Å². The first-order valence-corrected chi connectivity index (χ1v) is 13.7. The number of carbonyl (C=O) groups is 1. The molecule has 2 aromatic carbocycles. The number of anilines is 1. The van der Waals surface area contributed by atoms with Gasteiger partial charge in [-0.2, -0.15) is 0 Å². The minimum Gasteiger partial charge on any atom is -0.362 e. The molecule has 7 nitrogen and oxygen atoms in total. The molecule has 0 unspecified atom stereocenters. The molecule has 0 radical (unpaired) electrons. The second-order valence-electron chi connectivity index (χ2n) is 9.63. The molecular weight excluding hydrogens is 520 g/mol. The van der Waals surface area contributed by atoms with Crippen LogP contribution in [0.2, 0.25) is 5.02 Å². The van der Waals surface area contributed by atoms with Crippen LogP contribution < -0.4 is 10.6 Å². The lowest BCUT2D eigenvalue weighted by Gasteiger charge is -2.55. The van der Waals surface area contributed by atoms with Crippen molar-refractivity contribution in [2.45, 2.75) is 24.1 Å². The predicted octanol–water partition coefficient (Wildman–Crippen LogP) is 4.47. The monoisotopic (exact) mass is 547 g/mol. The summed E-state index contributed by atoms with van der Waals surface area (Å²) in [6.45, 7) is 3.36. The van der Waals surface area contributed by atoms with Crippen molar-refractivity contribution in [3.8, 4) is 0 Å². The highest BCUT2D eigenvalue weighted by molar-refractivity contribution is 8.02. The molecule has 3 N–H and O–H groups in total. The summed E-state index contributed by atoms with van der Waals surface area (Å²) in [5.41, 5.74) is -0.157. The molecule has 1 amide bonds. The normalized spacial score (nSPS) is 23.8. The number of aromatic nitrogens is 1. The molecule has 0 bridgehead atoms. The molecule has 1 saturated heterocycles. The molecule has 3 aromatic rings. The van der Waals surface area contributed by atoms with Gasteiger partial charge in [-0.15, -0.1) is 0 Å². The molecule has 196 valence electrons. The highest BCUT2D eigenvalue weighted by atomic mass is 35.5. The number of benzene rings is 2. The number of carbonyl (C=O) groups excluding carboxylic acids is 1. The first-order chi connectivity index (χ1) is 17.3. The van der Waals surface area contributed by atoms with Gasteiger partial charge in [0.05, 0.1) is 10.6 Å². The zero-order valence-electron chi connectivity index (χ0n) is 20.8. The van der Waals surface area contributed by atoms with Crippen molar-refractivity contribution in [2.24, 2.45) is 0 Å². The van der Waals surface area contributed by atoms with Gasteiger partial charge in [0.15, 0.2) is 0 Å². The Balaban J connectivity index is 1.73. The van der Waals surface area contributed by atoms with Gasteiger partial charge in [-0.05, 0) is 86.1 Å². The molecule has 2 atom stereocenters. The average Bonchev–Trinajstić information content (AvgIpc) is 2.84. The summed E-state index contributed by atoms with van der Waals surface area (Å²) in [5.74, 6) is -1.64. The van der Waals surface area contributed by atoms with Crippen LogP contribution in [0.15, 0.2) is 60.8 Å². The summed E-state index contributed by atoms with van der Waals surface area (Å²) in [5, 5.41) is 15.1. The summed E-state index contributed by atoms with van der Waals surface area (Å²) < 4.78 is 43.9. The van der Waals surface area contributed by atoms with Crippen LogP contribution in [0.25, 0.3) is 0 Å². The van der Waals surface area contributed by atoms with Crippen LogP contribution in [-0.2, 0) is 20.4 Å². The fourth-order valence-electron chi connectivity index (χ4n) is 4.74. The van der Waals surface area contributed by atoms with E-state index in [0.29, 0.717) is 16.3 Å². The van der Waals surface area contributed by atoms with E-state index in [1.807, 2.05) is 0 Å². The number of rotatable bonds is 5. The first kappa shape index (κ1) is 26.8. The van der Waals surface area contributed by atoms with E-state index in [4.69, 9.17) is 17.0 Å². The Bertz CT molecular complexity index is 1420. The van der Waals surface area contributed by atoms with E-state index in [9.17, 15) is 13.4 Å². The van der Waals surface area contributed by atoms with E-state index in [2.05, 4.69) is 15.6 Å². The van der Waals surface area contributed by atoms with Gasteiger partial charge in [-0.25, -0.2) is 13.8 Å². The SMILES string of the molecule is CN(C)[SH]1(=O)C[C@@](C)(c2cc(NC(=O)c3ccc(Cl)cn3)ccc2F)NC(=N)[C@]1(C)c1ccc(F)cc1. The summed E-state index contributed by atoms with van der Waals surface area (Å²) >= 11 is 5.84. The zero-order valence-corrected chi connectivity index (χ0v) is 22.4. The van der Waals surface area contributed by atoms with Gasteiger partial charge in [-0.3, -0.25) is 18.7 Å². The molecule has 0 saturated carbocycles. The van der Waals surface area contributed by atoms with E-state index in [0.717, 1.165) is 0 Å². The number of pyridine rings is 1. The maximum absolute atomic E-state index is 15.2. The Morgan fingerprint density at radius 1 is 1.14 bits per heavy atom. The minimum absolute atomic E-state index is 0.0314. The van der Waals surface area contributed by atoms with Crippen molar-refractivity contribution < 1.29 is 17.8 Å².